The number of hydrogen-bond donors (Lipinski definition) is 6. The minimum absolute atomic E-state index is 0.0881. The predicted molar refractivity (Wildman–Crippen MR) is 166 cm³/mol. The van der Waals surface area contributed by atoms with Crippen LogP contribution in [-0.2, 0) is 42.9 Å². The number of nitro groups is 1. The first-order valence-electron chi connectivity index (χ1n) is 12.8. The number of aromatic nitrogens is 3. The van der Waals surface area contributed by atoms with Crippen molar-refractivity contribution in [1.82, 2.24) is 14.5 Å². The second-order valence-corrected chi connectivity index (χ2v) is 15.7. The number of nitro benzene ring substituents is 1. The Morgan fingerprint density at radius 1 is 1.08 bits per heavy atom. The summed E-state index contributed by atoms with van der Waals surface area (Å²) in [7, 11) is -14.4. The van der Waals surface area contributed by atoms with Crippen LogP contribution >= 0.6 is 45.1 Å². The maximum Gasteiger partial charge on any atom is 0.490 e. The first-order valence-corrected chi connectivity index (χ1v) is 19.5. The second-order valence-electron chi connectivity index (χ2n) is 9.10. The quantitative estimate of drug-likeness (QED) is 0.0546. The van der Waals surface area contributed by atoms with Crippen LogP contribution in [0.3, 0.4) is 0 Å². The van der Waals surface area contributed by atoms with Crippen LogP contribution in [0, 0.1) is 10.1 Å². The number of carbonyl (C=O) groups is 1. The van der Waals surface area contributed by atoms with Crippen molar-refractivity contribution in [1.29, 1.82) is 0 Å². The van der Waals surface area contributed by atoms with Gasteiger partial charge in [-0.2, -0.15) is 13.6 Å². The third-order valence-electron chi connectivity index (χ3n) is 5.59. The van der Waals surface area contributed by atoms with Gasteiger partial charge in [-0.15, -0.1) is 0 Å². The summed E-state index contributed by atoms with van der Waals surface area (Å²) < 4.78 is 56.8. The van der Waals surface area contributed by atoms with E-state index >= 15 is 0 Å². The van der Waals surface area contributed by atoms with Crippen LogP contribution in [0.15, 0.2) is 81.1 Å². The van der Waals surface area contributed by atoms with Gasteiger partial charge in [0.05, 0.1) is 16.9 Å². The van der Waals surface area contributed by atoms with Crippen LogP contribution in [-0.4, -0.2) is 56.8 Å². The molecular formula is C22H22N5O17P3S2. The molecule has 0 aliphatic carbocycles. The summed E-state index contributed by atoms with van der Waals surface area (Å²) in [5.74, 6) is -1.41. The summed E-state index contributed by atoms with van der Waals surface area (Å²) in [5.41, 5.74) is -1.22. The first kappa shape index (κ1) is 38.2. The number of aliphatic hydroxyl groups is 1. The first-order chi connectivity index (χ1) is 22.9. The lowest BCUT2D eigenvalue weighted by Crippen LogP contribution is -2.28. The smallest absolute Gasteiger partial charge is 0.490 e. The molecule has 49 heavy (non-hydrogen) atoms. The lowest BCUT2D eigenvalue weighted by molar-refractivity contribution is -0.386. The molecule has 0 fully saturated rings. The largest absolute Gasteiger partial charge is 0.508 e. The zero-order valence-electron chi connectivity index (χ0n) is 24.0. The monoisotopic (exact) mass is 785 g/mol. The normalized spacial score (nSPS) is 17.1. The number of aliphatic hydroxyl groups excluding tert-OH is 1. The Morgan fingerprint density at radius 3 is 2.49 bits per heavy atom. The van der Waals surface area contributed by atoms with E-state index in [1.807, 2.05) is 0 Å². The number of anilines is 1. The number of benzene rings is 1. The summed E-state index contributed by atoms with van der Waals surface area (Å²) in [6.07, 6.45) is -0.0830. The number of carbonyl (C=O) groups excluding carboxylic acids is 1. The van der Waals surface area contributed by atoms with Gasteiger partial charge in [0, 0.05) is 23.4 Å². The van der Waals surface area contributed by atoms with Gasteiger partial charge in [0.25, 0.3) is 5.69 Å². The number of nitrogens with zero attached hydrogens (tertiary/aromatic N) is 4. The van der Waals surface area contributed by atoms with E-state index in [9.17, 15) is 48.3 Å². The minimum Gasteiger partial charge on any atom is -0.508 e. The van der Waals surface area contributed by atoms with Gasteiger partial charge >= 0.3 is 35.3 Å². The van der Waals surface area contributed by atoms with Crippen LogP contribution in [0.4, 0.5) is 16.3 Å². The molecule has 3 atom stereocenters. The molecule has 6 N–H and O–H groups in total. The predicted octanol–water partition coefficient (Wildman–Crippen LogP) is 4.13. The number of phosphoric acid groups is 3. The fourth-order valence-electron chi connectivity index (χ4n) is 3.63. The lowest BCUT2D eigenvalue weighted by atomic mass is 10.2. The van der Waals surface area contributed by atoms with E-state index in [2.05, 4.69) is 28.4 Å². The average molecular weight is 785 g/mol. The van der Waals surface area contributed by atoms with Crippen molar-refractivity contribution in [2.75, 3.05) is 11.9 Å². The summed E-state index contributed by atoms with van der Waals surface area (Å²) in [6, 6.07) is 10.8. The van der Waals surface area contributed by atoms with E-state index in [1.54, 1.807) is 30.5 Å². The molecule has 27 heteroatoms. The maximum atomic E-state index is 12.6. The Morgan fingerprint density at radius 2 is 1.84 bits per heavy atom. The second kappa shape index (κ2) is 15.9. The summed E-state index contributed by atoms with van der Waals surface area (Å²) in [6.45, 7) is -1.58. The zero-order chi connectivity index (χ0) is 36.0. The van der Waals surface area contributed by atoms with Crippen LogP contribution in [0.25, 0.3) is 0 Å². The Labute approximate surface area is 281 Å². The van der Waals surface area contributed by atoms with Gasteiger partial charge in [0.15, 0.2) is 12.0 Å². The average Bonchev–Trinajstić information content (AvgIpc) is 3.36. The van der Waals surface area contributed by atoms with Gasteiger partial charge in [-0.25, -0.2) is 28.3 Å². The SMILES string of the molecule is O=C(Nc1ccn([C@H]2CC(O)=C(COP(=O)(O)OP(=O)(O)OP(=O)(O)O)O2)c(=O)n1)OCc1ccc(SSc2ccccn2)cc1[N+](=O)[O-]. The van der Waals surface area contributed by atoms with Crippen molar-refractivity contribution < 1.29 is 70.7 Å². The number of nitrogens with one attached hydrogen (secondary N) is 1. The summed E-state index contributed by atoms with van der Waals surface area (Å²) in [5, 5.41) is 24.7. The molecule has 0 bridgehead atoms. The van der Waals surface area contributed by atoms with Crippen molar-refractivity contribution in [2.24, 2.45) is 0 Å². The number of pyridine rings is 1. The molecule has 2 unspecified atom stereocenters. The summed E-state index contributed by atoms with van der Waals surface area (Å²) in [4.78, 5) is 80.3. The van der Waals surface area contributed by atoms with Crippen LogP contribution in [0.1, 0.15) is 18.2 Å². The van der Waals surface area contributed by atoms with Gasteiger partial charge in [-0.1, -0.05) is 16.9 Å². The van der Waals surface area contributed by atoms with Crippen molar-refractivity contribution >= 4 is 62.7 Å². The van der Waals surface area contributed by atoms with E-state index < -0.39 is 77.6 Å². The van der Waals surface area contributed by atoms with E-state index in [0.29, 0.717) is 9.92 Å². The third kappa shape index (κ3) is 11.7. The molecule has 3 aromatic rings. The zero-order valence-corrected chi connectivity index (χ0v) is 28.3. The van der Waals surface area contributed by atoms with E-state index in [1.165, 1.54) is 33.7 Å². The highest BCUT2D eigenvalue weighted by molar-refractivity contribution is 8.76. The number of hydrogen-bond acceptors (Lipinski definition) is 17. The molecule has 264 valence electrons. The highest BCUT2D eigenvalue weighted by atomic mass is 33.1. The molecule has 3 heterocycles. The number of rotatable bonds is 15. The van der Waals surface area contributed by atoms with Crippen molar-refractivity contribution in [2.45, 2.75) is 29.2 Å². The highest BCUT2D eigenvalue weighted by Gasteiger charge is 2.41. The summed E-state index contributed by atoms with van der Waals surface area (Å²) >= 11 is 0. The van der Waals surface area contributed by atoms with Crippen LogP contribution < -0.4 is 11.0 Å². The molecule has 4 rings (SSSR count). The van der Waals surface area contributed by atoms with E-state index in [-0.39, 0.29) is 17.1 Å². The molecule has 1 amide bonds. The Bertz CT molecular complexity index is 1960. The Balaban J connectivity index is 1.30. The molecule has 0 saturated heterocycles. The molecule has 22 nitrogen and oxygen atoms in total. The van der Waals surface area contributed by atoms with E-state index in [4.69, 9.17) is 19.3 Å². The molecule has 1 aromatic carbocycles. The topological polar surface area (TPSA) is 319 Å². The Kier molecular flexibility index (Phi) is 12.4. The fourth-order valence-corrected chi connectivity index (χ4v) is 8.46. The molecule has 2 aromatic heterocycles. The van der Waals surface area contributed by atoms with Gasteiger partial charge < -0.3 is 34.2 Å². The van der Waals surface area contributed by atoms with Crippen molar-refractivity contribution in [3.8, 4) is 0 Å². The van der Waals surface area contributed by atoms with Crippen LogP contribution in [0.5, 0.6) is 0 Å². The molecule has 0 spiro atoms. The number of ether oxygens (including phenoxy) is 2. The van der Waals surface area contributed by atoms with E-state index in [0.717, 1.165) is 16.8 Å². The highest BCUT2D eigenvalue weighted by Crippen LogP contribution is 2.66. The van der Waals surface area contributed by atoms with Crippen LogP contribution in [0.2, 0.25) is 0 Å². The van der Waals surface area contributed by atoms with Gasteiger partial charge in [-0.05, 0) is 41.1 Å². The van der Waals surface area contributed by atoms with Gasteiger partial charge in [0.1, 0.15) is 29.8 Å². The minimum atomic E-state index is -5.78. The Hall–Kier alpha value is -3.63. The van der Waals surface area contributed by atoms with Crippen molar-refractivity contribution in [3.05, 3.63) is 92.5 Å². The third-order valence-corrected chi connectivity index (χ3v) is 11.7. The van der Waals surface area contributed by atoms with Gasteiger partial charge in [0.2, 0.25) is 0 Å². The standard InChI is InChI=1S/C22H22N5O17P3S2/c28-16-10-20(42-17(16)12-41-46(36,37)44-47(38,39)43-45(33,34)35)26-8-6-18(24-21(26)29)25-22(30)40-11-13-4-5-14(9-15(13)27(31)32)48-49-19-3-1-2-7-23-19/h1-9,20,28H,10-12H2,(H,36,37)(H,38,39)(H2,33,34,35)(H,24,25,29,30)/t20-/m1/s1. The fraction of sp³-hybridized carbons (Fsp3) is 0.182. The van der Waals surface area contributed by atoms with Crippen molar-refractivity contribution in [3.63, 3.8) is 0 Å². The number of phosphoric ester groups is 1. The molecule has 0 radical (unpaired) electrons. The molecular weight excluding hydrogens is 763 g/mol. The maximum absolute atomic E-state index is 12.6. The number of amides is 1. The molecule has 0 saturated carbocycles. The van der Waals surface area contributed by atoms with Gasteiger partial charge in [-0.3, -0.25) is 24.5 Å². The molecule has 1 aliphatic rings. The lowest BCUT2D eigenvalue weighted by Gasteiger charge is -2.17. The molecule has 1 aliphatic heterocycles.